The van der Waals surface area contributed by atoms with Gasteiger partial charge >= 0.3 is 0 Å². The maximum absolute atomic E-state index is 13.2. The number of para-hydroxylation sites is 2. The van der Waals surface area contributed by atoms with Crippen LogP contribution >= 0.6 is 0 Å². The van der Waals surface area contributed by atoms with Gasteiger partial charge in [-0.1, -0.05) is 61.5 Å². The minimum absolute atomic E-state index is 0.0186. The van der Waals surface area contributed by atoms with Gasteiger partial charge in [0.15, 0.2) is 0 Å². The number of nitrogens with one attached hydrogen (secondary N) is 1. The lowest BCUT2D eigenvalue weighted by Gasteiger charge is -2.38. The number of nitrogens with zero attached hydrogens (tertiary/aromatic N) is 1. The Hall–Kier alpha value is -3.07. The average molecular weight is 328 g/mol. The summed E-state index contributed by atoms with van der Waals surface area (Å²) < 4.78 is 0. The highest BCUT2D eigenvalue weighted by Gasteiger charge is 2.33. The largest absolute Gasteiger partial charge is 0.360 e. The second-order valence-electron chi connectivity index (χ2n) is 6.20. The molecule has 1 unspecified atom stereocenters. The topological polar surface area (TPSA) is 32.3 Å². The van der Waals surface area contributed by atoms with E-state index in [0.717, 1.165) is 23.4 Å². The number of carbonyl (C=O) groups excluding carboxylic acids is 1. The summed E-state index contributed by atoms with van der Waals surface area (Å²) in [7, 11) is 0. The van der Waals surface area contributed by atoms with E-state index in [1.54, 1.807) is 0 Å². The van der Waals surface area contributed by atoms with Crippen molar-refractivity contribution in [2.24, 2.45) is 0 Å². The van der Waals surface area contributed by atoms with Crippen molar-refractivity contribution in [3.8, 4) is 0 Å². The first kappa shape index (κ1) is 15.5. The molecule has 0 aromatic heterocycles. The first-order chi connectivity index (χ1) is 12.3. The Morgan fingerprint density at radius 1 is 0.880 bits per heavy atom. The summed E-state index contributed by atoms with van der Waals surface area (Å²) in [6.07, 6.45) is 0.776. The Balaban J connectivity index is 1.82. The van der Waals surface area contributed by atoms with Crippen molar-refractivity contribution in [3.63, 3.8) is 0 Å². The number of benzene rings is 3. The minimum atomic E-state index is -0.226. The van der Waals surface area contributed by atoms with Gasteiger partial charge < -0.3 is 5.32 Å². The molecule has 3 nitrogen and oxygen atoms in total. The van der Waals surface area contributed by atoms with E-state index in [1.807, 2.05) is 59.5 Å². The smallest absolute Gasteiger partial charge is 0.262 e. The van der Waals surface area contributed by atoms with Crippen molar-refractivity contribution in [1.82, 2.24) is 0 Å². The van der Waals surface area contributed by atoms with E-state index >= 15 is 0 Å². The van der Waals surface area contributed by atoms with E-state index in [0.29, 0.717) is 5.56 Å². The Kier molecular flexibility index (Phi) is 3.98. The fraction of sp³-hybridized carbons (Fsp3) is 0.136. The molecule has 0 saturated heterocycles. The lowest BCUT2D eigenvalue weighted by Crippen LogP contribution is -2.43. The third-order valence-corrected chi connectivity index (χ3v) is 4.66. The Labute approximate surface area is 147 Å². The van der Waals surface area contributed by atoms with Gasteiger partial charge in [-0.3, -0.25) is 9.69 Å². The van der Waals surface area contributed by atoms with Crippen LogP contribution in [-0.4, -0.2) is 5.91 Å². The second kappa shape index (κ2) is 6.44. The van der Waals surface area contributed by atoms with Crippen LogP contribution in [0.2, 0.25) is 0 Å². The summed E-state index contributed by atoms with van der Waals surface area (Å²) in [6, 6.07) is 26.0. The first-order valence-electron chi connectivity index (χ1n) is 8.61. The van der Waals surface area contributed by atoms with Crippen LogP contribution in [0.15, 0.2) is 78.9 Å². The summed E-state index contributed by atoms with van der Waals surface area (Å²) in [5, 5.41) is 3.53. The summed E-state index contributed by atoms with van der Waals surface area (Å²) in [4.78, 5) is 15.0. The predicted molar refractivity (Wildman–Crippen MR) is 102 cm³/mol. The molecule has 3 aromatic rings. The summed E-state index contributed by atoms with van der Waals surface area (Å²) in [5.41, 5.74) is 4.83. The second-order valence-corrected chi connectivity index (χ2v) is 6.20. The maximum Gasteiger partial charge on any atom is 0.262 e. The molecule has 1 N–H and O–H groups in total. The summed E-state index contributed by atoms with van der Waals surface area (Å²) >= 11 is 0. The van der Waals surface area contributed by atoms with Gasteiger partial charge in [0, 0.05) is 11.4 Å². The van der Waals surface area contributed by atoms with Crippen molar-refractivity contribution >= 4 is 17.3 Å². The van der Waals surface area contributed by atoms with Crippen molar-refractivity contribution in [2.75, 3.05) is 10.2 Å². The van der Waals surface area contributed by atoms with Crippen LogP contribution < -0.4 is 10.2 Å². The molecular formula is C22H20N2O. The van der Waals surface area contributed by atoms with Gasteiger partial charge in [-0.25, -0.2) is 0 Å². The number of hydrogen-bond donors (Lipinski definition) is 1. The van der Waals surface area contributed by atoms with Crippen LogP contribution in [0, 0.1) is 0 Å². The zero-order chi connectivity index (χ0) is 17.2. The average Bonchev–Trinajstić information content (AvgIpc) is 2.69. The van der Waals surface area contributed by atoms with E-state index in [4.69, 9.17) is 0 Å². The Bertz CT molecular complexity index is 887. The van der Waals surface area contributed by atoms with E-state index in [-0.39, 0.29) is 12.1 Å². The van der Waals surface area contributed by atoms with Crippen LogP contribution in [-0.2, 0) is 6.42 Å². The number of aryl methyl sites for hydroxylation is 1. The van der Waals surface area contributed by atoms with Gasteiger partial charge in [0.1, 0.15) is 6.17 Å². The molecule has 0 bridgehead atoms. The molecule has 0 aliphatic carbocycles. The molecule has 25 heavy (non-hydrogen) atoms. The third-order valence-electron chi connectivity index (χ3n) is 4.66. The quantitative estimate of drug-likeness (QED) is 0.732. The lowest BCUT2D eigenvalue weighted by atomic mass is 10.0. The molecule has 0 fully saturated rings. The first-order valence-corrected chi connectivity index (χ1v) is 8.61. The molecule has 1 aliphatic heterocycles. The number of fused-ring (bicyclic) bond motifs is 1. The highest BCUT2D eigenvalue weighted by molar-refractivity contribution is 6.12. The van der Waals surface area contributed by atoms with Gasteiger partial charge in [-0.15, -0.1) is 0 Å². The normalized spacial score (nSPS) is 16.3. The number of hydrogen-bond acceptors (Lipinski definition) is 2. The van der Waals surface area contributed by atoms with Crippen molar-refractivity contribution in [1.29, 1.82) is 0 Å². The lowest BCUT2D eigenvalue weighted by molar-refractivity contribution is 0.0975. The molecule has 124 valence electrons. The number of carbonyl (C=O) groups is 1. The SMILES string of the molecule is CCc1ccc(C2Nc3ccccc3C(=O)N2c2ccccc2)cc1. The van der Waals surface area contributed by atoms with Crippen molar-refractivity contribution in [2.45, 2.75) is 19.5 Å². The van der Waals surface area contributed by atoms with Crippen LogP contribution in [0.25, 0.3) is 0 Å². The standard InChI is InChI=1S/C22H20N2O/c1-2-16-12-14-17(15-13-16)21-23-20-11-7-6-10-19(20)22(25)24(21)18-8-4-3-5-9-18/h3-15,21,23H,2H2,1H3. The summed E-state index contributed by atoms with van der Waals surface area (Å²) in [6.45, 7) is 2.14. The molecule has 0 spiro atoms. The molecule has 4 rings (SSSR count). The van der Waals surface area contributed by atoms with E-state index in [2.05, 4.69) is 36.5 Å². The van der Waals surface area contributed by atoms with Gasteiger partial charge in [0.2, 0.25) is 0 Å². The molecule has 1 amide bonds. The number of anilines is 2. The van der Waals surface area contributed by atoms with Gasteiger partial charge in [0.25, 0.3) is 5.91 Å². The van der Waals surface area contributed by atoms with Gasteiger partial charge in [-0.05, 0) is 41.8 Å². The zero-order valence-corrected chi connectivity index (χ0v) is 14.1. The van der Waals surface area contributed by atoms with Crippen molar-refractivity contribution < 1.29 is 4.79 Å². The predicted octanol–water partition coefficient (Wildman–Crippen LogP) is 5.02. The molecular weight excluding hydrogens is 308 g/mol. The van der Waals surface area contributed by atoms with E-state index < -0.39 is 0 Å². The molecule has 0 saturated carbocycles. The molecule has 1 atom stereocenters. The van der Waals surface area contributed by atoms with Crippen LogP contribution in [0.5, 0.6) is 0 Å². The number of rotatable bonds is 3. The minimum Gasteiger partial charge on any atom is -0.360 e. The molecule has 1 aliphatic rings. The zero-order valence-electron chi connectivity index (χ0n) is 14.1. The Morgan fingerprint density at radius 3 is 2.28 bits per heavy atom. The van der Waals surface area contributed by atoms with Crippen LogP contribution in [0.3, 0.4) is 0 Å². The molecule has 1 heterocycles. The van der Waals surface area contributed by atoms with Gasteiger partial charge in [-0.2, -0.15) is 0 Å². The van der Waals surface area contributed by atoms with E-state index in [9.17, 15) is 4.79 Å². The van der Waals surface area contributed by atoms with Crippen LogP contribution in [0.1, 0.15) is 34.6 Å². The van der Waals surface area contributed by atoms with Gasteiger partial charge in [0.05, 0.1) is 5.56 Å². The highest BCUT2D eigenvalue weighted by atomic mass is 16.2. The van der Waals surface area contributed by atoms with E-state index in [1.165, 1.54) is 5.56 Å². The third kappa shape index (κ3) is 2.78. The highest BCUT2D eigenvalue weighted by Crippen LogP contribution is 2.36. The fourth-order valence-electron chi connectivity index (χ4n) is 3.28. The summed E-state index contributed by atoms with van der Waals surface area (Å²) in [5.74, 6) is 0.0186. The molecule has 3 aromatic carbocycles. The van der Waals surface area contributed by atoms with Crippen LogP contribution in [0.4, 0.5) is 11.4 Å². The molecule has 3 heteroatoms. The fourth-order valence-corrected chi connectivity index (χ4v) is 3.28. The monoisotopic (exact) mass is 328 g/mol. The Morgan fingerprint density at radius 2 is 1.56 bits per heavy atom. The number of amides is 1. The maximum atomic E-state index is 13.2. The molecule has 0 radical (unpaired) electrons. The van der Waals surface area contributed by atoms with Crippen molar-refractivity contribution in [3.05, 3.63) is 95.6 Å².